The van der Waals surface area contributed by atoms with Gasteiger partial charge in [0.2, 0.25) is 5.13 Å². The standard InChI is InChI=1S/C16H17F2N3O3S/c1-3-23-13-6-5-12(17)11(15(13)18)8-19-21-16-20-10(9-25-16)7-14(22)24-4-2/h5-6,8-9H,3-4,7H2,1-2H3,(H,20,21). The van der Waals surface area contributed by atoms with Gasteiger partial charge in [-0.05, 0) is 26.0 Å². The maximum atomic E-state index is 14.1. The van der Waals surface area contributed by atoms with Crippen molar-refractivity contribution in [2.75, 3.05) is 18.6 Å². The molecule has 1 heterocycles. The van der Waals surface area contributed by atoms with E-state index >= 15 is 0 Å². The minimum atomic E-state index is -0.825. The van der Waals surface area contributed by atoms with Gasteiger partial charge in [-0.2, -0.15) is 5.10 Å². The molecule has 9 heteroatoms. The first-order chi connectivity index (χ1) is 12.0. The quantitative estimate of drug-likeness (QED) is 0.439. The molecule has 0 saturated heterocycles. The number of rotatable bonds is 8. The van der Waals surface area contributed by atoms with Crippen LogP contribution in [-0.2, 0) is 16.0 Å². The van der Waals surface area contributed by atoms with Crippen molar-refractivity contribution in [3.05, 3.63) is 40.4 Å². The van der Waals surface area contributed by atoms with Crippen molar-refractivity contribution < 1.29 is 23.0 Å². The largest absolute Gasteiger partial charge is 0.491 e. The fourth-order valence-electron chi connectivity index (χ4n) is 1.89. The number of carbonyl (C=O) groups is 1. The zero-order valence-corrected chi connectivity index (χ0v) is 14.5. The molecule has 0 aliphatic carbocycles. The van der Waals surface area contributed by atoms with Gasteiger partial charge in [-0.1, -0.05) is 0 Å². The number of nitrogens with zero attached hydrogens (tertiary/aromatic N) is 2. The smallest absolute Gasteiger partial charge is 0.311 e. The van der Waals surface area contributed by atoms with E-state index in [1.165, 1.54) is 17.4 Å². The number of hydrogen-bond donors (Lipinski definition) is 1. The van der Waals surface area contributed by atoms with Gasteiger partial charge < -0.3 is 9.47 Å². The highest BCUT2D eigenvalue weighted by Gasteiger charge is 2.13. The van der Waals surface area contributed by atoms with Crippen LogP contribution in [0.25, 0.3) is 0 Å². The van der Waals surface area contributed by atoms with Crippen LogP contribution in [0.2, 0.25) is 0 Å². The summed E-state index contributed by atoms with van der Waals surface area (Å²) < 4.78 is 37.8. The van der Waals surface area contributed by atoms with Crippen LogP contribution in [-0.4, -0.2) is 30.4 Å². The highest BCUT2D eigenvalue weighted by atomic mass is 32.1. The van der Waals surface area contributed by atoms with Gasteiger partial charge in [0.25, 0.3) is 0 Å². The van der Waals surface area contributed by atoms with Crippen LogP contribution in [0, 0.1) is 11.6 Å². The Hall–Kier alpha value is -2.55. The van der Waals surface area contributed by atoms with E-state index in [2.05, 4.69) is 15.5 Å². The average Bonchev–Trinajstić information content (AvgIpc) is 3.01. The van der Waals surface area contributed by atoms with Crippen molar-refractivity contribution in [1.82, 2.24) is 4.98 Å². The summed E-state index contributed by atoms with van der Waals surface area (Å²) in [6.07, 6.45) is 1.06. The van der Waals surface area contributed by atoms with E-state index in [1.54, 1.807) is 19.2 Å². The average molecular weight is 369 g/mol. The normalized spacial score (nSPS) is 10.9. The van der Waals surface area contributed by atoms with E-state index in [0.717, 1.165) is 12.3 Å². The van der Waals surface area contributed by atoms with Crippen LogP contribution in [0.5, 0.6) is 5.75 Å². The van der Waals surface area contributed by atoms with Crippen molar-refractivity contribution in [2.24, 2.45) is 5.10 Å². The number of ether oxygens (including phenoxy) is 2. The molecule has 0 aliphatic rings. The Balaban J connectivity index is 2.03. The van der Waals surface area contributed by atoms with E-state index in [0.29, 0.717) is 17.4 Å². The van der Waals surface area contributed by atoms with Crippen molar-refractivity contribution >= 4 is 28.7 Å². The van der Waals surface area contributed by atoms with Gasteiger partial charge in [0.1, 0.15) is 5.82 Å². The topological polar surface area (TPSA) is 72.8 Å². The van der Waals surface area contributed by atoms with E-state index in [-0.39, 0.29) is 30.3 Å². The van der Waals surface area contributed by atoms with E-state index in [9.17, 15) is 13.6 Å². The number of esters is 1. The Bertz CT molecular complexity index is 765. The van der Waals surface area contributed by atoms with Crippen molar-refractivity contribution in [3.8, 4) is 5.75 Å². The molecule has 0 radical (unpaired) electrons. The molecule has 1 aromatic heterocycles. The molecule has 25 heavy (non-hydrogen) atoms. The van der Waals surface area contributed by atoms with Crippen molar-refractivity contribution in [1.29, 1.82) is 0 Å². The second-order valence-corrected chi connectivity index (χ2v) is 5.56. The monoisotopic (exact) mass is 369 g/mol. The van der Waals surface area contributed by atoms with Crippen molar-refractivity contribution in [2.45, 2.75) is 20.3 Å². The first-order valence-corrected chi connectivity index (χ1v) is 8.43. The van der Waals surface area contributed by atoms with Crippen LogP contribution in [0.4, 0.5) is 13.9 Å². The third-order valence-electron chi connectivity index (χ3n) is 2.93. The molecule has 134 valence electrons. The number of hydrazone groups is 1. The Morgan fingerprint density at radius 2 is 2.16 bits per heavy atom. The number of aromatic nitrogens is 1. The molecule has 0 spiro atoms. The number of benzene rings is 1. The van der Waals surface area contributed by atoms with Gasteiger partial charge in [0.05, 0.1) is 37.1 Å². The van der Waals surface area contributed by atoms with Gasteiger partial charge in [0.15, 0.2) is 11.6 Å². The predicted octanol–water partition coefficient (Wildman–Crippen LogP) is 3.37. The van der Waals surface area contributed by atoms with Gasteiger partial charge in [-0.25, -0.2) is 13.8 Å². The third-order valence-corrected chi connectivity index (χ3v) is 3.72. The second-order valence-electron chi connectivity index (χ2n) is 4.70. The maximum Gasteiger partial charge on any atom is 0.311 e. The van der Waals surface area contributed by atoms with Gasteiger partial charge in [-0.15, -0.1) is 11.3 Å². The summed E-state index contributed by atoms with van der Waals surface area (Å²) in [5.41, 5.74) is 2.78. The van der Waals surface area contributed by atoms with E-state index < -0.39 is 11.6 Å². The molecular formula is C16H17F2N3O3S. The SMILES string of the molecule is CCOC(=O)Cc1csc(NN=Cc2c(F)ccc(OCC)c2F)n1. The predicted molar refractivity (Wildman–Crippen MR) is 91.2 cm³/mol. The lowest BCUT2D eigenvalue weighted by molar-refractivity contribution is -0.142. The summed E-state index contributed by atoms with van der Waals surface area (Å²) in [7, 11) is 0. The van der Waals surface area contributed by atoms with Crippen LogP contribution >= 0.6 is 11.3 Å². The molecule has 0 fully saturated rings. The Labute approximate surface area is 147 Å². The molecule has 1 N–H and O–H groups in total. The number of halogens is 2. The lowest BCUT2D eigenvalue weighted by Gasteiger charge is -2.06. The summed E-state index contributed by atoms with van der Waals surface area (Å²) in [4.78, 5) is 15.5. The van der Waals surface area contributed by atoms with E-state index in [1.807, 2.05) is 0 Å². The molecular weight excluding hydrogens is 352 g/mol. The number of anilines is 1. The third kappa shape index (κ3) is 5.21. The summed E-state index contributed by atoms with van der Waals surface area (Å²) in [6.45, 7) is 3.99. The first-order valence-electron chi connectivity index (χ1n) is 7.55. The Kier molecular flexibility index (Phi) is 6.81. The zero-order chi connectivity index (χ0) is 18.2. The molecule has 0 amide bonds. The molecule has 1 aromatic carbocycles. The van der Waals surface area contributed by atoms with Crippen LogP contribution in [0.15, 0.2) is 22.6 Å². The number of thiazole rings is 1. The minimum Gasteiger partial charge on any atom is -0.491 e. The first kappa shape index (κ1) is 18.8. The number of nitrogens with one attached hydrogen (secondary N) is 1. The molecule has 0 atom stereocenters. The summed E-state index contributed by atoms with van der Waals surface area (Å²) in [5.74, 6) is -2.00. The van der Waals surface area contributed by atoms with Crippen LogP contribution in [0.3, 0.4) is 0 Å². The molecule has 0 unspecified atom stereocenters. The van der Waals surface area contributed by atoms with Gasteiger partial charge in [0, 0.05) is 5.38 Å². The number of hydrogen-bond acceptors (Lipinski definition) is 7. The van der Waals surface area contributed by atoms with E-state index in [4.69, 9.17) is 9.47 Å². The summed E-state index contributed by atoms with van der Waals surface area (Å²) in [5, 5.41) is 5.84. The van der Waals surface area contributed by atoms with Gasteiger partial charge in [-0.3, -0.25) is 10.2 Å². The molecule has 2 aromatic rings. The molecule has 6 nitrogen and oxygen atoms in total. The molecule has 2 rings (SSSR count). The Morgan fingerprint density at radius 3 is 2.88 bits per heavy atom. The highest BCUT2D eigenvalue weighted by molar-refractivity contribution is 7.13. The summed E-state index contributed by atoms with van der Waals surface area (Å²) in [6, 6.07) is 2.33. The molecule has 0 aliphatic heterocycles. The van der Waals surface area contributed by atoms with Crippen LogP contribution in [0.1, 0.15) is 25.1 Å². The van der Waals surface area contributed by atoms with Crippen LogP contribution < -0.4 is 10.2 Å². The maximum absolute atomic E-state index is 14.1. The van der Waals surface area contributed by atoms with Gasteiger partial charge >= 0.3 is 5.97 Å². The lowest BCUT2D eigenvalue weighted by atomic mass is 10.2. The second kappa shape index (κ2) is 9.07. The zero-order valence-electron chi connectivity index (χ0n) is 13.7. The highest BCUT2D eigenvalue weighted by Crippen LogP contribution is 2.22. The molecule has 0 saturated carbocycles. The summed E-state index contributed by atoms with van der Waals surface area (Å²) >= 11 is 1.21. The molecule has 0 bridgehead atoms. The lowest BCUT2D eigenvalue weighted by Crippen LogP contribution is -2.07. The fraction of sp³-hybridized carbons (Fsp3) is 0.312. The number of carbonyl (C=O) groups excluding carboxylic acids is 1. The van der Waals surface area contributed by atoms with Crippen molar-refractivity contribution in [3.63, 3.8) is 0 Å². The Morgan fingerprint density at radius 1 is 1.36 bits per heavy atom. The minimum absolute atomic E-state index is 0.0451. The fourth-order valence-corrected chi connectivity index (χ4v) is 2.55.